The van der Waals surface area contributed by atoms with Gasteiger partial charge in [0.05, 0.1) is 24.8 Å². The molecule has 1 atom stereocenters. The molecule has 1 unspecified atom stereocenters. The fraction of sp³-hybridized carbons (Fsp3) is 0.364. The third kappa shape index (κ3) is 6.50. The smallest absolute Gasteiger partial charge is 0.263 e. The van der Waals surface area contributed by atoms with E-state index in [1.165, 1.54) is 11.0 Å². The Morgan fingerprint density at radius 3 is 2.48 bits per heavy atom. The maximum Gasteiger partial charge on any atom is 0.263 e. The van der Waals surface area contributed by atoms with E-state index >= 15 is 0 Å². The lowest BCUT2D eigenvalue weighted by molar-refractivity contribution is -0.139. The molecule has 0 bridgehead atoms. The molecule has 1 heterocycles. The Morgan fingerprint density at radius 2 is 1.84 bits per heavy atom. The molecule has 166 valence electrons. The van der Waals surface area contributed by atoms with Gasteiger partial charge in [-0.3, -0.25) is 9.59 Å². The van der Waals surface area contributed by atoms with Gasteiger partial charge in [-0.25, -0.2) is 0 Å². The van der Waals surface area contributed by atoms with Crippen LogP contribution in [0.25, 0.3) is 0 Å². The quantitative estimate of drug-likeness (QED) is 0.674. The van der Waals surface area contributed by atoms with Crippen molar-refractivity contribution in [1.82, 2.24) is 4.90 Å². The molecular weight excluding hydrogens is 441 g/mol. The largest absolute Gasteiger partial charge is 0.479 e. The van der Waals surface area contributed by atoms with Crippen LogP contribution in [0.4, 0.5) is 11.4 Å². The second-order valence-corrected chi connectivity index (χ2v) is 8.07. The van der Waals surface area contributed by atoms with Crippen LogP contribution in [0, 0.1) is 0 Å². The SMILES string of the molecule is CC(Oc1ccc(Cl)cc1Cl)C(=O)N(C)CC(=O)Nc1ccc(N2CCOCC2)cc1. The van der Waals surface area contributed by atoms with Gasteiger partial charge in [0.25, 0.3) is 5.91 Å². The van der Waals surface area contributed by atoms with Gasteiger partial charge in [0.2, 0.25) is 5.91 Å². The first-order valence-electron chi connectivity index (χ1n) is 9.93. The van der Waals surface area contributed by atoms with Crippen molar-refractivity contribution in [2.24, 2.45) is 0 Å². The maximum atomic E-state index is 12.6. The standard InChI is InChI=1S/C22H25Cl2N3O4/c1-15(31-20-8-3-16(23)13-19(20)24)22(29)26(2)14-21(28)25-17-4-6-18(7-5-17)27-9-11-30-12-10-27/h3-8,13,15H,9-12,14H2,1-2H3,(H,25,28). The lowest BCUT2D eigenvalue weighted by Crippen LogP contribution is -2.42. The molecular formula is C22H25Cl2N3O4. The Labute approximate surface area is 191 Å². The molecule has 0 radical (unpaired) electrons. The molecule has 0 saturated carbocycles. The first-order valence-corrected chi connectivity index (χ1v) is 10.7. The second kappa shape index (κ2) is 10.7. The van der Waals surface area contributed by atoms with E-state index < -0.39 is 6.10 Å². The monoisotopic (exact) mass is 465 g/mol. The van der Waals surface area contributed by atoms with E-state index in [9.17, 15) is 9.59 Å². The summed E-state index contributed by atoms with van der Waals surface area (Å²) < 4.78 is 11.0. The number of ether oxygens (including phenoxy) is 2. The zero-order chi connectivity index (χ0) is 22.4. The highest BCUT2D eigenvalue weighted by atomic mass is 35.5. The topological polar surface area (TPSA) is 71.1 Å². The zero-order valence-corrected chi connectivity index (χ0v) is 18.9. The Balaban J connectivity index is 1.50. The van der Waals surface area contributed by atoms with E-state index in [1.54, 1.807) is 26.1 Å². The van der Waals surface area contributed by atoms with Crippen LogP contribution in [0.5, 0.6) is 5.75 Å². The molecule has 2 aromatic carbocycles. The van der Waals surface area contributed by atoms with E-state index in [2.05, 4.69) is 10.2 Å². The number of morpholine rings is 1. The highest BCUT2D eigenvalue weighted by Crippen LogP contribution is 2.28. The van der Waals surface area contributed by atoms with Gasteiger partial charge in [-0.15, -0.1) is 0 Å². The summed E-state index contributed by atoms with van der Waals surface area (Å²) in [7, 11) is 1.55. The number of nitrogens with zero attached hydrogens (tertiary/aromatic N) is 2. The summed E-state index contributed by atoms with van der Waals surface area (Å²) in [4.78, 5) is 28.5. The molecule has 1 N–H and O–H groups in total. The van der Waals surface area contributed by atoms with Crippen molar-refractivity contribution in [1.29, 1.82) is 0 Å². The molecule has 1 fully saturated rings. The summed E-state index contributed by atoms with van der Waals surface area (Å²) in [5, 5.41) is 3.60. The van der Waals surface area contributed by atoms with E-state index in [-0.39, 0.29) is 18.4 Å². The number of hydrogen-bond acceptors (Lipinski definition) is 5. The van der Waals surface area contributed by atoms with Gasteiger partial charge in [0, 0.05) is 36.5 Å². The predicted octanol–water partition coefficient (Wildman–Crippen LogP) is 3.69. The van der Waals surface area contributed by atoms with Gasteiger partial charge >= 0.3 is 0 Å². The van der Waals surface area contributed by atoms with Crippen molar-refractivity contribution in [3.8, 4) is 5.75 Å². The predicted molar refractivity (Wildman–Crippen MR) is 122 cm³/mol. The molecule has 0 spiro atoms. The summed E-state index contributed by atoms with van der Waals surface area (Å²) >= 11 is 12.0. The molecule has 9 heteroatoms. The van der Waals surface area contributed by atoms with Gasteiger partial charge in [-0.05, 0) is 49.4 Å². The first-order chi connectivity index (χ1) is 14.8. The summed E-state index contributed by atoms with van der Waals surface area (Å²) in [5.41, 5.74) is 1.75. The van der Waals surface area contributed by atoms with E-state index in [0.29, 0.717) is 34.7 Å². The number of likely N-dealkylation sites (N-methyl/N-ethyl adjacent to an activating group) is 1. The number of carbonyl (C=O) groups excluding carboxylic acids is 2. The minimum atomic E-state index is -0.815. The first kappa shape index (κ1) is 23.2. The Hall–Kier alpha value is -2.48. The van der Waals surface area contributed by atoms with Crippen LogP contribution in [-0.4, -0.2) is 62.7 Å². The molecule has 1 aliphatic rings. The number of nitrogens with one attached hydrogen (secondary N) is 1. The molecule has 31 heavy (non-hydrogen) atoms. The highest BCUT2D eigenvalue weighted by molar-refractivity contribution is 6.35. The van der Waals surface area contributed by atoms with Crippen molar-refractivity contribution in [2.45, 2.75) is 13.0 Å². The fourth-order valence-electron chi connectivity index (χ4n) is 3.19. The minimum absolute atomic E-state index is 0.105. The molecule has 7 nitrogen and oxygen atoms in total. The molecule has 0 aliphatic carbocycles. The van der Waals surface area contributed by atoms with Gasteiger partial charge in [0.15, 0.2) is 6.10 Å². The molecule has 0 aromatic heterocycles. The average Bonchev–Trinajstić information content (AvgIpc) is 2.76. The van der Waals surface area contributed by atoms with Crippen LogP contribution in [0.1, 0.15) is 6.92 Å². The van der Waals surface area contributed by atoms with Crippen molar-refractivity contribution in [2.75, 3.05) is 50.1 Å². The number of carbonyl (C=O) groups is 2. The van der Waals surface area contributed by atoms with E-state index in [1.807, 2.05) is 24.3 Å². The van der Waals surface area contributed by atoms with Crippen molar-refractivity contribution in [3.63, 3.8) is 0 Å². The number of amides is 2. The number of halogens is 2. The van der Waals surface area contributed by atoms with E-state index in [0.717, 1.165) is 18.8 Å². The lowest BCUT2D eigenvalue weighted by Gasteiger charge is -2.29. The van der Waals surface area contributed by atoms with Gasteiger partial charge in [0.1, 0.15) is 5.75 Å². The molecule has 1 aliphatic heterocycles. The second-order valence-electron chi connectivity index (χ2n) is 7.22. The third-order valence-corrected chi connectivity index (χ3v) is 5.36. The number of anilines is 2. The van der Waals surface area contributed by atoms with E-state index in [4.69, 9.17) is 32.7 Å². The van der Waals surface area contributed by atoms with Crippen LogP contribution < -0.4 is 15.0 Å². The van der Waals surface area contributed by atoms with Crippen molar-refractivity contribution < 1.29 is 19.1 Å². The Bertz CT molecular complexity index is 917. The zero-order valence-electron chi connectivity index (χ0n) is 17.4. The summed E-state index contributed by atoms with van der Waals surface area (Å²) in [5.74, 6) is -0.291. The van der Waals surface area contributed by atoms with Gasteiger partial charge < -0.3 is 24.6 Å². The van der Waals surface area contributed by atoms with Crippen LogP contribution in [-0.2, 0) is 14.3 Å². The fourth-order valence-corrected chi connectivity index (χ4v) is 3.65. The minimum Gasteiger partial charge on any atom is -0.479 e. The van der Waals surface area contributed by atoms with Crippen molar-refractivity contribution >= 4 is 46.4 Å². The third-order valence-electron chi connectivity index (χ3n) is 4.83. The molecule has 2 amide bonds. The Morgan fingerprint density at radius 1 is 1.16 bits per heavy atom. The number of hydrogen-bond donors (Lipinski definition) is 1. The van der Waals surface area contributed by atoms with Crippen LogP contribution >= 0.6 is 23.2 Å². The van der Waals surface area contributed by atoms with Crippen LogP contribution in [0.2, 0.25) is 10.0 Å². The summed E-state index contributed by atoms with van der Waals surface area (Å²) in [6.07, 6.45) is -0.815. The lowest BCUT2D eigenvalue weighted by atomic mass is 10.2. The van der Waals surface area contributed by atoms with Crippen LogP contribution in [0.15, 0.2) is 42.5 Å². The molecule has 1 saturated heterocycles. The highest BCUT2D eigenvalue weighted by Gasteiger charge is 2.22. The average molecular weight is 466 g/mol. The molecule has 2 aromatic rings. The van der Waals surface area contributed by atoms with Gasteiger partial charge in [-0.1, -0.05) is 23.2 Å². The summed E-state index contributed by atoms with van der Waals surface area (Å²) in [6, 6.07) is 12.4. The number of rotatable bonds is 7. The maximum absolute atomic E-state index is 12.6. The normalized spacial score (nSPS) is 14.6. The Kier molecular flexibility index (Phi) is 8.01. The van der Waals surface area contributed by atoms with Gasteiger partial charge in [-0.2, -0.15) is 0 Å². The van der Waals surface area contributed by atoms with Crippen LogP contribution in [0.3, 0.4) is 0 Å². The summed E-state index contributed by atoms with van der Waals surface area (Å²) in [6.45, 7) is 4.62. The molecule has 3 rings (SSSR count). The van der Waals surface area contributed by atoms with Crippen molar-refractivity contribution in [3.05, 3.63) is 52.5 Å². The number of benzene rings is 2.